The number of benzene rings is 1. The van der Waals surface area contributed by atoms with Crippen LogP contribution in [0.1, 0.15) is 23.4 Å². The van der Waals surface area contributed by atoms with Crippen LogP contribution in [0.4, 0.5) is 0 Å². The number of carboxylic acid groups (broad SMARTS) is 1. The third-order valence-electron chi connectivity index (χ3n) is 3.08. The number of sulfonamides is 1. The van der Waals surface area contributed by atoms with Crippen molar-refractivity contribution in [2.75, 3.05) is 6.54 Å². The summed E-state index contributed by atoms with van der Waals surface area (Å²) < 4.78 is 26.8. The summed E-state index contributed by atoms with van der Waals surface area (Å²) in [5.41, 5.74) is 0.552. The van der Waals surface area contributed by atoms with Crippen molar-refractivity contribution < 1.29 is 18.3 Å². The van der Waals surface area contributed by atoms with Crippen molar-refractivity contribution in [3.63, 3.8) is 0 Å². The molecule has 1 atom stereocenters. The summed E-state index contributed by atoms with van der Waals surface area (Å²) in [5, 5.41) is 10.0. The standard InChI is InChI=1S/C14H16N2O4S2/c1-2-12-15-9-13(21-12)22(19,20)16-8-11(14(17)18)10-6-4-3-5-7-10/h3-7,9,11,16H,2,8H2,1H3,(H,17,18). The molecule has 0 amide bonds. The highest BCUT2D eigenvalue weighted by Gasteiger charge is 2.24. The van der Waals surface area contributed by atoms with Gasteiger partial charge in [0.15, 0.2) is 4.21 Å². The van der Waals surface area contributed by atoms with Gasteiger partial charge in [-0.25, -0.2) is 18.1 Å². The molecule has 22 heavy (non-hydrogen) atoms. The van der Waals surface area contributed by atoms with Crippen molar-refractivity contribution in [2.45, 2.75) is 23.5 Å². The summed E-state index contributed by atoms with van der Waals surface area (Å²) in [4.78, 5) is 15.4. The van der Waals surface area contributed by atoms with E-state index in [1.165, 1.54) is 6.20 Å². The molecule has 2 rings (SSSR count). The molecular formula is C14H16N2O4S2. The lowest BCUT2D eigenvalue weighted by Crippen LogP contribution is -2.31. The maximum Gasteiger partial charge on any atom is 0.312 e. The Morgan fingerprint density at radius 3 is 2.59 bits per heavy atom. The zero-order valence-electron chi connectivity index (χ0n) is 11.9. The summed E-state index contributed by atoms with van der Waals surface area (Å²) in [6.07, 6.45) is 1.95. The van der Waals surface area contributed by atoms with Crippen molar-refractivity contribution in [1.82, 2.24) is 9.71 Å². The van der Waals surface area contributed by atoms with E-state index >= 15 is 0 Å². The van der Waals surface area contributed by atoms with Crippen LogP contribution in [-0.2, 0) is 21.2 Å². The van der Waals surface area contributed by atoms with Crippen LogP contribution in [0.3, 0.4) is 0 Å². The summed E-state index contributed by atoms with van der Waals surface area (Å²) in [6.45, 7) is 1.68. The van der Waals surface area contributed by atoms with Crippen LogP contribution in [0.5, 0.6) is 0 Å². The Morgan fingerprint density at radius 2 is 2.05 bits per heavy atom. The highest BCUT2D eigenvalue weighted by atomic mass is 32.2. The lowest BCUT2D eigenvalue weighted by Gasteiger charge is -2.13. The van der Waals surface area contributed by atoms with Gasteiger partial charge in [0.05, 0.1) is 17.1 Å². The molecule has 0 radical (unpaired) electrons. The Kier molecular flexibility index (Phi) is 5.28. The van der Waals surface area contributed by atoms with E-state index in [2.05, 4.69) is 9.71 Å². The second kappa shape index (κ2) is 6.99. The van der Waals surface area contributed by atoms with Crippen LogP contribution in [0.15, 0.2) is 40.7 Å². The molecule has 1 unspecified atom stereocenters. The summed E-state index contributed by atoms with van der Waals surface area (Å²) in [5.74, 6) is -2.01. The molecule has 1 heterocycles. The predicted molar refractivity (Wildman–Crippen MR) is 83.5 cm³/mol. The van der Waals surface area contributed by atoms with Crippen LogP contribution >= 0.6 is 11.3 Å². The molecule has 1 aromatic heterocycles. The van der Waals surface area contributed by atoms with Crippen LogP contribution in [0.25, 0.3) is 0 Å². The van der Waals surface area contributed by atoms with Crippen LogP contribution in [0.2, 0.25) is 0 Å². The third kappa shape index (κ3) is 3.90. The summed E-state index contributed by atoms with van der Waals surface area (Å²) in [6, 6.07) is 8.53. The first-order chi connectivity index (χ1) is 10.4. The number of aryl methyl sites for hydroxylation is 1. The Morgan fingerprint density at radius 1 is 1.36 bits per heavy atom. The maximum absolute atomic E-state index is 12.2. The number of carboxylic acids is 1. The molecule has 2 N–H and O–H groups in total. The topological polar surface area (TPSA) is 96.4 Å². The molecule has 0 fully saturated rings. The molecule has 0 bridgehead atoms. The fourth-order valence-corrected chi connectivity index (χ4v) is 4.09. The van der Waals surface area contributed by atoms with Crippen molar-refractivity contribution in [3.8, 4) is 0 Å². The number of rotatable bonds is 7. The largest absolute Gasteiger partial charge is 0.481 e. The Labute approximate surface area is 132 Å². The molecule has 0 aliphatic carbocycles. The fourth-order valence-electron chi connectivity index (χ4n) is 1.88. The van der Waals surface area contributed by atoms with E-state index in [9.17, 15) is 18.3 Å². The maximum atomic E-state index is 12.2. The Balaban J connectivity index is 2.14. The van der Waals surface area contributed by atoms with Crippen molar-refractivity contribution >= 4 is 27.3 Å². The van der Waals surface area contributed by atoms with Crippen molar-refractivity contribution in [1.29, 1.82) is 0 Å². The number of nitrogens with one attached hydrogen (secondary N) is 1. The van der Waals surface area contributed by atoms with Gasteiger partial charge in [-0.15, -0.1) is 11.3 Å². The number of thiazole rings is 1. The molecule has 0 aliphatic heterocycles. The molecular weight excluding hydrogens is 324 g/mol. The van der Waals surface area contributed by atoms with E-state index < -0.39 is 21.9 Å². The van der Waals surface area contributed by atoms with E-state index in [0.29, 0.717) is 12.0 Å². The van der Waals surface area contributed by atoms with Gasteiger partial charge in [-0.3, -0.25) is 4.79 Å². The lowest BCUT2D eigenvalue weighted by molar-refractivity contribution is -0.138. The van der Waals surface area contributed by atoms with Gasteiger partial charge in [0.25, 0.3) is 10.0 Å². The Bertz CT molecular complexity index is 741. The van der Waals surface area contributed by atoms with Crippen LogP contribution in [-0.4, -0.2) is 31.0 Å². The zero-order chi connectivity index (χ0) is 16.2. The van der Waals surface area contributed by atoms with Gasteiger partial charge in [-0.2, -0.15) is 0 Å². The van der Waals surface area contributed by atoms with E-state index in [4.69, 9.17) is 0 Å². The van der Waals surface area contributed by atoms with Gasteiger partial charge in [0.1, 0.15) is 0 Å². The van der Waals surface area contributed by atoms with Crippen molar-refractivity contribution in [3.05, 3.63) is 47.1 Å². The first-order valence-corrected chi connectivity index (χ1v) is 8.96. The highest BCUT2D eigenvalue weighted by Crippen LogP contribution is 2.20. The summed E-state index contributed by atoms with van der Waals surface area (Å²) in [7, 11) is -3.74. The number of aromatic nitrogens is 1. The number of hydrogen-bond donors (Lipinski definition) is 2. The monoisotopic (exact) mass is 340 g/mol. The quantitative estimate of drug-likeness (QED) is 0.802. The molecule has 0 aliphatic rings. The zero-order valence-corrected chi connectivity index (χ0v) is 13.5. The second-order valence-corrected chi connectivity index (χ2v) is 7.69. The van der Waals surface area contributed by atoms with Gasteiger partial charge in [-0.1, -0.05) is 37.3 Å². The average molecular weight is 340 g/mol. The van der Waals surface area contributed by atoms with Gasteiger partial charge < -0.3 is 5.11 Å². The van der Waals surface area contributed by atoms with Crippen LogP contribution < -0.4 is 4.72 Å². The molecule has 6 nitrogen and oxygen atoms in total. The Hall–Kier alpha value is -1.77. The van der Waals surface area contributed by atoms with E-state index in [0.717, 1.165) is 16.3 Å². The fraction of sp³-hybridized carbons (Fsp3) is 0.286. The minimum absolute atomic E-state index is 0.0987. The number of hydrogen-bond acceptors (Lipinski definition) is 5. The molecule has 118 valence electrons. The SMILES string of the molecule is CCc1ncc(S(=O)(=O)NCC(C(=O)O)c2ccccc2)s1. The van der Waals surface area contributed by atoms with E-state index in [1.54, 1.807) is 30.3 Å². The normalized spacial score (nSPS) is 13.0. The highest BCUT2D eigenvalue weighted by molar-refractivity contribution is 7.91. The molecule has 8 heteroatoms. The van der Waals surface area contributed by atoms with E-state index in [-0.39, 0.29) is 10.8 Å². The first-order valence-electron chi connectivity index (χ1n) is 6.66. The van der Waals surface area contributed by atoms with Crippen molar-refractivity contribution in [2.24, 2.45) is 0 Å². The van der Waals surface area contributed by atoms with Gasteiger partial charge >= 0.3 is 5.97 Å². The number of nitrogens with zero attached hydrogens (tertiary/aromatic N) is 1. The molecule has 2 aromatic rings. The van der Waals surface area contributed by atoms with Gasteiger partial charge in [0, 0.05) is 6.54 Å². The lowest BCUT2D eigenvalue weighted by atomic mass is 10.00. The molecule has 0 saturated heterocycles. The minimum Gasteiger partial charge on any atom is -0.481 e. The van der Waals surface area contributed by atoms with Crippen LogP contribution in [0, 0.1) is 0 Å². The van der Waals surface area contributed by atoms with Gasteiger partial charge in [0.2, 0.25) is 0 Å². The second-order valence-electron chi connectivity index (χ2n) is 4.58. The predicted octanol–water partition coefficient (Wildman–Crippen LogP) is 1.85. The summed E-state index contributed by atoms with van der Waals surface area (Å²) >= 11 is 1.09. The third-order valence-corrected chi connectivity index (χ3v) is 6.10. The first kappa shape index (κ1) is 16.6. The smallest absolute Gasteiger partial charge is 0.312 e. The molecule has 0 spiro atoms. The average Bonchev–Trinajstić information content (AvgIpc) is 2.98. The van der Waals surface area contributed by atoms with Gasteiger partial charge in [-0.05, 0) is 12.0 Å². The molecule has 1 aromatic carbocycles. The number of carbonyl (C=O) groups is 1. The number of aliphatic carboxylic acids is 1. The molecule has 0 saturated carbocycles. The van der Waals surface area contributed by atoms with E-state index in [1.807, 2.05) is 6.92 Å². The minimum atomic E-state index is -3.74.